The van der Waals surface area contributed by atoms with Crippen LogP contribution in [0, 0.1) is 0 Å². The average Bonchev–Trinajstić information content (AvgIpc) is 2.76. The van der Waals surface area contributed by atoms with Crippen molar-refractivity contribution in [1.82, 2.24) is 9.88 Å². The summed E-state index contributed by atoms with van der Waals surface area (Å²) in [6.07, 6.45) is 0.982. The van der Waals surface area contributed by atoms with Crippen LogP contribution in [0.25, 0.3) is 16.3 Å². The van der Waals surface area contributed by atoms with Gasteiger partial charge in [0.1, 0.15) is 5.82 Å². The molecule has 0 saturated heterocycles. The second-order valence-electron chi connectivity index (χ2n) is 7.51. The van der Waals surface area contributed by atoms with Crippen molar-refractivity contribution in [2.75, 3.05) is 31.5 Å². The summed E-state index contributed by atoms with van der Waals surface area (Å²) in [7, 11) is 0. The lowest BCUT2D eigenvalue weighted by atomic mass is 9.94. The van der Waals surface area contributed by atoms with Gasteiger partial charge in [-0.3, -0.25) is 4.90 Å². The molecule has 0 spiro atoms. The number of fused-ring (bicyclic) bond motifs is 1. The second-order valence-corrected chi connectivity index (χ2v) is 7.51. The lowest BCUT2D eigenvalue weighted by molar-refractivity contribution is -0.137. The van der Waals surface area contributed by atoms with Gasteiger partial charge in [0.05, 0.1) is 5.56 Å². The molecule has 4 rings (SSSR count). The fourth-order valence-corrected chi connectivity index (χ4v) is 3.89. The summed E-state index contributed by atoms with van der Waals surface area (Å²) in [4.78, 5) is 6.34. The Kier molecular flexibility index (Phi) is 6.04. The van der Waals surface area contributed by atoms with Crippen molar-refractivity contribution in [3.05, 3.63) is 78.0 Å². The first kappa shape index (κ1) is 20.4. The van der Waals surface area contributed by atoms with Crippen LogP contribution in [0.1, 0.15) is 24.0 Å². The molecule has 2 heterocycles. The molecule has 6 heteroatoms. The van der Waals surface area contributed by atoms with Crippen LogP contribution in [0.4, 0.5) is 19.0 Å². The molecule has 156 valence electrons. The lowest BCUT2D eigenvalue weighted by Crippen LogP contribution is -2.30. The Hall–Kier alpha value is -2.86. The van der Waals surface area contributed by atoms with Gasteiger partial charge in [0.15, 0.2) is 0 Å². The van der Waals surface area contributed by atoms with Crippen molar-refractivity contribution in [1.29, 1.82) is 0 Å². The summed E-state index contributed by atoms with van der Waals surface area (Å²) in [5.41, 5.74) is 2.02. The molecule has 0 amide bonds. The Balaban J connectivity index is 1.29. The highest BCUT2D eigenvalue weighted by molar-refractivity contribution is 5.94. The quantitative estimate of drug-likeness (QED) is 0.516. The summed E-state index contributed by atoms with van der Waals surface area (Å²) in [5.74, 6) is 0.265. The van der Waals surface area contributed by atoms with Gasteiger partial charge < -0.3 is 5.32 Å². The van der Waals surface area contributed by atoms with E-state index in [1.165, 1.54) is 28.1 Å². The number of aromatic nitrogens is 1. The van der Waals surface area contributed by atoms with Gasteiger partial charge in [-0.25, -0.2) is 4.98 Å². The molecule has 0 fully saturated rings. The van der Waals surface area contributed by atoms with Gasteiger partial charge in [-0.05, 0) is 46.9 Å². The SMILES string of the molecule is FC(F)(F)c1ccnc(NCCCN2CC=C(c3cccc4ccccc34)CC2)c1. The maximum Gasteiger partial charge on any atom is 0.416 e. The van der Waals surface area contributed by atoms with Crippen LogP contribution < -0.4 is 5.32 Å². The van der Waals surface area contributed by atoms with E-state index in [0.29, 0.717) is 6.54 Å². The Morgan fingerprint density at radius 1 is 1.03 bits per heavy atom. The maximum absolute atomic E-state index is 12.8. The van der Waals surface area contributed by atoms with Gasteiger partial charge in [0, 0.05) is 32.4 Å². The van der Waals surface area contributed by atoms with E-state index >= 15 is 0 Å². The fraction of sp³-hybridized carbons (Fsp3) is 0.292. The minimum Gasteiger partial charge on any atom is -0.370 e. The van der Waals surface area contributed by atoms with Crippen molar-refractivity contribution in [3.8, 4) is 0 Å². The molecule has 0 aliphatic carbocycles. The predicted molar refractivity (Wildman–Crippen MR) is 115 cm³/mol. The van der Waals surface area contributed by atoms with E-state index in [9.17, 15) is 13.2 Å². The zero-order valence-electron chi connectivity index (χ0n) is 16.6. The van der Waals surface area contributed by atoms with E-state index in [1.54, 1.807) is 0 Å². The van der Waals surface area contributed by atoms with Gasteiger partial charge in [0.2, 0.25) is 0 Å². The Labute approximate surface area is 174 Å². The van der Waals surface area contributed by atoms with E-state index in [-0.39, 0.29) is 5.82 Å². The molecule has 0 atom stereocenters. The number of nitrogens with zero attached hydrogens (tertiary/aromatic N) is 2. The molecular weight excluding hydrogens is 387 g/mol. The van der Waals surface area contributed by atoms with Crippen LogP contribution in [0.15, 0.2) is 66.9 Å². The first-order chi connectivity index (χ1) is 14.5. The second kappa shape index (κ2) is 8.88. The highest BCUT2D eigenvalue weighted by atomic mass is 19.4. The topological polar surface area (TPSA) is 28.2 Å². The zero-order valence-corrected chi connectivity index (χ0v) is 16.6. The Morgan fingerprint density at radius 2 is 1.87 bits per heavy atom. The van der Waals surface area contributed by atoms with Crippen molar-refractivity contribution >= 4 is 22.2 Å². The summed E-state index contributed by atoms with van der Waals surface area (Å²) in [6, 6.07) is 16.9. The normalized spacial score (nSPS) is 15.2. The molecule has 30 heavy (non-hydrogen) atoms. The smallest absolute Gasteiger partial charge is 0.370 e. The van der Waals surface area contributed by atoms with Crippen molar-refractivity contribution in [2.24, 2.45) is 0 Å². The molecule has 3 nitrogen and oxygen atoms in total. The molecule has 0 bridgehead atoms. The molecule has 0 saturated carbocycles. The zero-order chi connectivity index (χ0) is 21.0. The molecule has 3 aromatic rings. The first-order valence-corrected chi connectivity index (χ1v) is 10.2. The van der Waals surface area contributed by atoms with E-state index in [4.69, 9.17) is 0 Å². The number of rotatable bonds is 6. The molecule has 1 aromatic heterocycles. The van der Waals surface area contributed by atoms with Crippen LogP contribution in [0.2, 0.25) is 0 Å². The maximum atomic E-state index is 12.8. The number of pyridine rings is 1. The summed E-state index contributed by atoms with van der Waals surface area (Å²) in [5, 5.41) is 5.54. The van der Waals surface area contributed by atoms with E-state index in [0.717, 1.165) is 44.6 Å². The first-order valence-electron chi connectivity index (χ1n) is 10.2. The van der Waals surface area contributed by atoms with Gasteiger partial charge in [-0.1, -0.05) is 48.5 Å². The monoisotopic (exact) mass is 411 g/mol. The summed E-state index contributed by atoms with van der Waals surface area (Å²) >= 11 is 0. The highest BCUT2D eigenvalue weighted by Gasteiger charge is 2.30. The Bertz CT molecular complexity index is 1040. The van der Waals surface area contributed by atoms with Gasteiger partial charge in [0.25, 0.3) is 0 Å². The number of hydrogen-bond acceptors (Lipinski definition) is 3. The number of nitrogens with one attached hydrogen (secondary N) is 1. The molecule has 1 aliphatic rings. The number of hydrogen-bond donors (Lipinski definition) is 1. The van der Waals surface area contributed by atoms with Crippen LogP contribution in [0.3, 0.4) is 0 Å². The summed E-state index contributed by atoms with van der Waals surface area (Å²) < 4.78 is 38.3. The van der Waals surface area contributed by atoms with Gasteiger partial charge >= 0.3 is 6.18 Å². The number of benzene rings is 2. The highest BCUT2D eigenvalue weighted by Crippen LogP contribution is 2.30. The molecule has 1 aliphatic heterocycles. The standard InChI is InChI=1S/C24H24F3N3/c25-24(26,27)20-9-13-29-23(17-20)28-12-4-14-30-15-10-19(11-16-30)22-8-3-6-18-5-1-2-7-21(18)22/h1-3,5-10,13,17H,4,11-12,14-16H2,(H,28,29). The molecule has 0 unspecified atom stereocenters. The summed E-state index contributed by atoms with van der Waals surface area (Å²) in [6.45, 7) is 3.35. The van der Waals surface area contributed by atoms with Gasteiger partial charge in [-0.15, -0.1) is 0 Å². The van der Waals surface area contributed by atoms with E-state index in [1.807, 2.05) is 0 Å². The van der Waals surface area contributed by atoms with Crippen molar-refractivity contribution in [3.63, 3.8) is 0 Å². The van der Waals surface area contributed by atoms with Crippen LogP contribution >= 0.6 is 0 Å². The minimum atomic E-state index is -4.35. The van der Waals surface area contributed by atoms with E-state index in [2.05, 4.69) is 63.7 Å². The van der Waals surface area contributed by atoms with Crippen molar-refractivity contribution in [2.45, 2.75) is 19.0 Å². The van der Waals surface area contributed by atoms with Crippen molar-refractivity contribution < 1.29 is 13.2 Å². The number of anilines is 1. The van der Waals surface area contributed by atoms with Crippen LogP contribution in [-0.2, 0) is 6.18 Å². The van der Waals surface area contributed by atoms with E-state index < -0.39 is 11.7 Å². The largest absolute Gasteiger partial charge is 0.416 e. The lowest BCUT2D eigenvalue weighted by Gasteiger charge is -2.27. The molecule has 2 aromatic carbocycles. The van der Waals surface area contributed by atoms with Crippen LogP contribution in [0.5, 0.6) is 0 Å². The molecule has 0 radical (unpaired) electrons. The third-order valence-electron chi connectivity index (χ3n) is 5.47. The number of halogens is 3. The van der Waals surface area contributed by atoms with Crippen LogP contribution in [-0.4, -0.2) is 36.1 Å². The third-order valence-corrected chi connectivity index (χ3v) is 5.47. The number of alkyl halides is 3. The third kappa shape index (κ3) is 4.82. The fourth-order valence-electron chi connectivity index (χ4n) is 3.89. The minimum absolute atomic E-state index is 0.265. The molecular formula is C24H24F3N3. The van der Waals surface area contributed by atoms with Gasteiger partial charge in [-0.2, -0.15) is 13.2 Å². The average molecular weight is 411 g/mol. The Morgan fingerprint density at radius 3 is 2.67 bits per heavy atom. The molecule has 1 N–H and O–H groups in total. The predicted octanol–water partition coefficient (Wildman–Crippen LogP) is 5.84.